The smallest absolute Gasteiger partial charge is 0.268 e. The van der Waals surface area contributed by atoms with Crippen molar-refractivity contribution in [3.63, 3.8) is 0 Å². The van der Waals surface area contributed by atoms with Gasteiger partial charge in [0.05, 0.1) is 13.7 Å². The maximum Gasteiger partial charge on any atom is 0.268 e. The molecule has 0 saturated heterocycles. The van der Waals surface area contributed by atoms with E-state index in [0.717, 1.165) is 16.9 Å². The van der Waals surface area contributed by atoms with Gasteiger partial charge in [0.2, 0.25) is 19.3 Å². The van der Waals surface area contributed by atoms with Crippen LogP contribution < -0.4 is 14.8 Å². The van der Waals surface area contributed by atoms with Gasteiger partial charge < -0.3 is 9.47 Å². The summed E-state index contributed by atoms with van der Waals surface area (Å²) in [6.45, 7) is 0.467. The van der Waals surface area contributed by atoms with E-state index in [-0.39, 0.29) is 15.0 Å². The molecule has 0 spiro atoms. The Kier molecular flexibility index (Phi) is 8.64. The molecule has 1 amide bonds. The Bertz CT molecular complexity index is 1330. The number of nitrogens with zero attached hydrogens (tertiary/aromatic N) is 3. The van der Waals surface area contributed by atoms with E-state index in [2.05, 4.69) is 15.5 Å². The molecule has 0 atom stereocenters. The Balaban J connectivity index is 1.65. The third-order valence-corrected chi connectivity index (χ3v) is 7.64. The van der Waals surface area contributed by atoms with Crippen LogP contribution in [0.3, 0.4) is 0 Å². The molecule has 0 aliphatic carbocycles. The van der Waals surface area contributed by atoms with Crippen molar-refractivity contribution in [2.24, 2.45) is 0 Å². The van der Waals surface area contributed by atoms with Gasteiger partial charge in [0, 0.05) is 16.9 Å². The number of thioether (sulfide) groups is 1. The van der Waals surface area contributed by atoms with Gasteiger partial charge in [-0.3, -0.25) is 10.1 Å². The number of ether oxygens (including phenoxy) is 2. The van der Waals surface area contributed by atoms with Crippen molar-refractivity contribution in [3.8, 4) is 17.6 Å². The van der Waals surface area contributed by atoms with Crippen LogP contribution in [0.2, 0.25) is 0 Å². The van der Waals surface area contributed by atoms with Gasteiger partial charge in [-0.25, -0.2) is 8.42 Å². The maximum absolute atomic E-state index is 12.4. The number of carbonyl (C=O) groups excluding carboxylic acids is 1. The van der Waals surface area contributed by atoms with Gasteiger partial charge in [-0.15, -0.1) is 22.0 Å². The third kappa shape index (κ3) is 7.05. The lowest BCUT2D eigenvalue weighted by Gasteiger charge is -2.11. The molecule has 176 valence electrons. The van der Waals surface area contributed by atoms with Crippen LogP contribution in [0.4, 0.5) is 5.13 Å². The molecule has 0 unspecified atom stereocenters. The minimum atomic E-state index is -3.54. The monoisotopic (exact) mass is 516 g/mol. The highest BCUT2D eigenvalue weighted by Crippen LogP contribution is 2.29. The van der Waals surface area contributed by atoms with Crippen LogP contribution in [0.1, 0.15) is 5.56 Å². The molecule has 1 heterocycles. The fraction of sp³-hybridized carbons (Fsp3) is 0.182. The van der Waals surface area contributed by atoms with E-state index in [1.54, 1.807) is 30.0 Å². The highest BCUT2D eigenvalue weighted by molar-refractivity contribution is 7.99. The second-order valence-corrected chi connectivity index (χ2v) is 11.0. The molecule has 1 aromatic heterocycles. The second-order valence-electron chi connectivity index (χ2n) is 6.69. The normalized spacial score (nSPS) is 11.5. The summed E-state index contributed by atoms with van der Waals surface area (Å²) in [5, 5.41) is 18.9. The van der Waals surface area contributed by atoms with E-state index in [1.807, 2.05) is 36.4 Å². The number of anilines is 1. The summed E-state index contributed by atoms with van der Waals surface area (Å²) in [7, 11) is -2.04. The van der Waals surface area contributed by atoms with Crippen molar-refractivity contribution in [1.29, 1.82) is 5.26 Å². The van der Waals surface area contributed by atoms with Crippen molar-refractivity contribution >= 4 is 50.1 Å². The number of rotatable bonds is 10. The van der Waals surface area contributed by atoms with Gasteiger partial charge in [0.15, 0.2) is 11.5 Å². The first-order valence-corrected chi connectivity index (χ1v) is 13.4. The Morgan fingerprint density at radius 1 is 1.21 bits per heavy atom. The Morgan fingerprint density at radius 2 is 1.97 bits per heavy atom. The second kappa shape index (κ2) is 11.6. The first-order valence-electron chi connectivity index (χ1n) is 9.75. The molecule has 0 saturated carbocycles. The molecule has 0 fully saturated rings. The predicted octanol–water partition coefficient (Wildman–Crippen LogP) is 3.67. The quantitative estimate of drug-likeness (QED) is 0.141. The summed E-state index contributed by atoms with van der Waals surface area (Å²) in [5.74, 6) is 1.01. The highest BCUT2D eigenvalue weighted by atomic mass is 32.2. The summed E-state index contributed by atoms with van der Waals surface area (Å²) in [4.78, 5) is 13.6. The van der Waals surface area contributed by atoms with E-state index < -0.39 is 15.7 Å². The minimum absolute atomic E-state index is 0.0266. The Morgan fingerprint density at radius 3 is 2.62 bits per heavy atom. The summed E-state index contributed by atoms with van der Waals surface area (Å²) < 4.78 is 34.0. The average molecular weight is 517 g/mol. The number of nitrogens with one attached hydrogen (secondary N) is 1. The Hall–Kier alpha value is -3.40. The fourth-order valence-electron chi connectivity index (χ4n) is 2.61. The van der Waals surface area contributed by atoms with Gasteiger partial charge in [-0.1, -0.05) is 35.6 Å². The lowest BCUT2D eigenvalue weighted by atomic mass is 10.1. The highest BCUT2D eigenvalue weighted by Gasteiger charge is 2.17. The summed E-state index contributed by atoms with van der Waals surface area (Å²) >= 11 is 2.38. The van der Waals surface area contributed by atoms with Crippen LogP contribution in [-0.2, 0) is 14.6 Å². The van der Waals surface area contributed by atoms with Crippen molar-refractivity contribution in [1.82, 2.24) is 10.2 Å². The van der Waals surface area contributed by atoms with Crippen LogP contribution >= 0.6 is 23.1 Å². The van der Waals surface area contributed by atoms with E-state index in [4.69, 9.17) is 9.47 Å². The minimum Gasteiger partial charge on any atom is -0.493 e. The van der Waals surface area contributed by atoms with Crippen LogP contribution in [-0.4, -0.2) is 50.2 Å². The van der Waals surface area contributed by atoms with Gasteiger partial charge in [-0.05, 0) is 35.9 Å². The maximum atomic E-state index is 12.4. The van der Waals surface area contributed by atoms with Crippen LogP contribution in [0, 0.1) is 11.3 Å². The molecule has 3 rings (SSSR count). The van der Waals surface area contributed by atoms with Gasteiger partial charge in [0.25, 0.3) is 5.91 Å². The first kappa shape index (κ1) is 25.2. The molecule has 34 heavy (non-hydrogen) atoms. The number of sulfone groups is 1. The van der Waals surface area contributed by atoms with Crippen molar-refractivity contribution in [3.05, 3.63) is 59.7 Å². The molecule has 12 heteroatoms. The lowest BCUT2D eigenvalue weighted by Crippen LogP contribution is -2.13. The zero-order chi connectivity index (χ0) is 24.6. The molecule has 1 N–H and O–H groups in total. The summed E-state index contributed by atoms with van der Waals surface area (Å²) in [6.07, 6.45) is 2.37. The molecular weight excluding hydrogens is 496 g/mol. The van der Waals surface area contributed by atoms with Crippen LogP contribution in [0.25, 0.3) is 6.08 Å². The van der Waals surface area contributed by atoms with E-state index in [9.17, 15) is 18.5 Å². The molecule has 9 nitrogen and oxygen atoms in total. The number of carbonyl (C=O) groups is 1. The van der Waals surface area contributed by atoms with Crippen molar-refractivity contribution < 1.29 is 22.7 Å². The first-order chi connectivity index (χ1) is 16.3. The number of amides is 1. The molecule has 2 aromatic carbocycles. The summed E-state index contributed by atoms with van der Waals surface area (Å²) in [6, 6.07) is 16.9. The zero-order valence-corrected chi connectivity index (χ0v) is 20.7. The molecule has 0 aliphatic heterocycles. The molecule has 0 radical (unpaired) electrons. The predicted molar refractivity (Wildman–Crippen MR) is 131 cm³/mol. The topological polar surface area (TPSA) is 131 Å². The Labute approximate surface area is 205 Å². The molecule has 0 aliphatic rings. The van der Waals surface area contributed by atoms with Crippen molar-refractivity contribution in [2.75, 3.05) is 31.0 Å². The average Bonchev–Trinajstić information content (AvgIpc) is 3.30. The van der Waals surface area contributed by atoms with E-state index >= 15 is 0 Å². The third-order valence-electron chi connectivity index (χ3n) is 4.16. The number of aromatic nitrogens is 2. The number of nitriles is 1. The number of benzene rings is 2. The number of hydrogen-bond acceptors (Lipinski definition) is 10. The lowest BCUT2D eigenvalue weighted by molar-refractivity contribution is -0.112. The standard InChI is InChI=1S/C22H20N4O5S3/c1-30-19-13-15(8-9-18(19)31-10-11-32-17-6-4-3-5-7-17)12-16(14-23)20(27)24-21-25-26-22(33-21)34(2,28)29/h3-9,12-13H,10-11H2,1-2H3,(H,24,25,27)/b16-12-. The van der Waals surface area contributed by atoms with Gasteiger partial charge in [0.1, 0.15) is 11.6 Å². The van der Waals surface area contributed by atoms with Crippen molar-refractivity contribution in [2.45, 2.75) is 9.24 Å². The number of hydrogen-bond donors (Lipinski definition) is 1. The molecule has 3 aromatic rings. The fourth-order valence-corrected chi connectivity index (χ4v) is 4.87. The largest absolute Gasteiger partial charge is 0.493 e. The molecular formula is C22H20N4O5S3. The SMILES string of the molecule is COc1cc(/C=C(/C#N)C(=O)Nc2nnc(S(C)(=O)=O)s2)ccc1OCCSc1ccccc1. The van der Waals surface area contributed by atoms with Crippen LogP contribution in [0.15, 0.2) is 63.3 Å². The molecule has 0 bridgehead atoms. The zero-order valence-electron chi connectivity index (χ0n) is 18.2. The van der Waals surface area contributed by atoms with Crippen LogP contribution in [0.5, 0.6) is 11.5 Å². The van der Waals surface area contributed by atoms with E-state index in [1.165, 1.54) is 13.2 Å². The van der Waals surface area contributed by atoms with E-state index in [0.29, 0.717) is 35.0 Å². The number of methoxy groups -OCH3 is 1. The van der Waals surface area contributed by atoms with Gasteiger partial charge >= 0.3 is 0 Å². The summed E-state index contributed by atoms with van der Waals surface area (Å²) in [5.41, 5.74) is 0.342. The van der Waals surface area contributed by atoms with Gasteiger partial charge in [-0.2, -0.15) is 5.26 Å².